The van der Waals surface area contributed by atoms with E-state index in [-0.39, 0.29) is 67.3 Å². The second-order valence-corrected chi connectivity index (χ2v) is 32.7. The van der Waals surface area contributed by atoms with Gasteiger partial charge in [0.15, 0.2) is 5.01 Å². The fourth-order valence-corrected chi connectivity index (χ4v) is 18.5. The lowest BCUT2D eigenvalue weighted by atomic mass is 10.0. The molecule has 8 amide bonds. The Bertz CT molecular complexity index is 5720. The van der Waals surface area contributed by atoms with Gasteiger partial charge in [-0.05, 0) is 162 Å². The number of alkyl halides is 12. The third kappa shape index (κ3) is 17.1. The second kappa shape index (κ2) is 33.4. The number of thiophene rings is 3. The lowest BCUT2D eigenvalue weighted by Crippen LogP contribution is -2.29. The first kappa shape index (κ1) is 83.0. The third-order valence-corrected chi connectivity index (χ3v) is 25.6. The van der Waals surface area contributed by atoms with Crippen LogP contribution in [0.15, 0.2) is 225 Å². The van der Waals surface area contributed by atoms with E-state index in [4.69, 9.17) is 0 Å². The fraction of sp³-hybridized carbons (Fsp3) is 0.193. The van der Waals surface area contributed by atoms with Crippen molar-refractivity contribution in [2.24, 2.45) is 20.0 Å². The van der Waals surface area contributed by atoms with Gasteiger partial charge in [0.05, 0.1) is 51.8 Å². The van der Waals surface area contributed by atoms with Crippen molar-refractivity contribution in [2.75, 3.05) is 45.8 Å². The van der Waals surface area contributed by atoms with E-state index >= 15 is 0 Å². The summed E-state index contributed by atoms with van der Waals surface area (Å²) in [6.07, 6.45) is -5.86. The molecule has 4 aromatic heterocycles. The fourth-order valence-electron chi connectivity index (χ4n) is 15.3. The molecular formula is C88H66F13N13O4S4. The summed E-state index contributed by atoms with van der Waals surface area (Å²) >= 11 is 2.56. The number of carbonyl (C=O) groups excluding carboxylic acids is 4. The van der Waals surface area contributed by atoms with Crippen LogP contribution < -0.4 is 40.9 Å². The van der Waals surface area contributed by atoms with Crippen molar-refractivity contribution in [3.63, 3.8) is 0 Å². The summed E-state index contributed by atoms with van der Waals surface area (Å²) in [5.41, 5.74) is 17.0. The van der Waals surface area contributed by atoms with Crippen molar-refractivity contribution in [1.29, 1.82) is 0 Å². The Hall–Kier alpha value is -12.7. The number of urea groups is 4. The van der Waals surface area contributed by atoms with E-state index in [2.05, 4.69) is 46.2 Å². The van der Waals surface area contributed by atoms with Crippen LogP contribution in [0.5, 0.6) is 0 Å². The number of aliphatic imine (C=N–C) groups is 4. The number of aromatic nitrogens is 1. The SMILES string of the molecule is C.O=C1NC[C@H](c2ccc(-c3ccc(C(F)(F)F)s3)cc2)N1c1ccc2c(c1)N=CC2.O=C1NC[C@H](c2ccc(-c3cnc(C(F)(F)F)s3)cc2)N1c1ccc2c(c1)N=CC2.O=C1NC[C@H](c2ccc(-c3csc(C(F)(F)F)c3)c(F)c2)N1c1ccc2c(c1)N=CC2.O=C1NC[C@H](c2ccc(-c3csc(C(F)(F)F)c3)cc2)N1c1ccc2c(c1)N=CC2. The number of carbonyl (C=O) groups is 4. The van der Waals surface area contributed by atoms with Gasteiger partial charge < -0.3 is 21.3 Å². The van der Waals surface area contributed by atoms with Crippen molar-refractivity contribution in [3.8, 4) is 43.1 Å². The van der Waals surface area contributed by atoms with E-state index in [1.54, 1.807) is 68.3 Å². The Kier molecular flexibility index (Phi) is 22.7. The maximum Gasteiger partial charge on any atom is 0.443 e. The van der Waals surface area contributed by atoms with Crippen LogP contribution in [-0.4, -0.2) is 80.1 Å². The van der Waals surface area contributed by atoms with Crippen molar-refractivity contribution in [1.82, 2.24) is 26.3 Å². The first-order chi connectivity index (χ1) is 58.0. The smallest absolute Gasteiger partial charge is 0.335 e. The number of thiazole rings is 1. The summed E-state index contributed by atoms with van der Waals surface area (Å²) in [4.78, 5) is 76.5. The quantitative estimate of drug-likeness (QED) is 0.0883. The average Bonchev–Trinajstić information content (AvgIpc) is 1.63. The molecule has 8 aliphatic rings. The Morgan fingerprint density at radius 2 is 0.680 bits per heavy atom. The summed E-state index contributed by atoms with van der Waals surface area (Å²) < 4.78 is 169. The van der Waals surface area contributed by atoms with Crippen LogP contribution in [0.4, 0.5) is 122 Å². The van der Waals surface area contributed by atoms with Crippen LogP contribution >= 0.6 is 45.3 Å². The normalized spacial score (nSPS) is 17.8. The lowest BCUT2D eigenvalue weighted by molar-refractivity contribution is -0.138. The molecule has 8 aromatic carbocycles. The summed E-state index contributed by atoms with van der Waals surface area (Å²) in [6.45, 7) is 1.64. The van der Waals surface area contributed by atoms with Crippen LogP contribution in [0.25, 0.3) is 43.1 Å². The second-order valence-electron chi connectivity index (χ2n) is 28.8. The largest absolute Gasteiger partial charge is 0.443 e. The average molecular weight is 1740 g/mol. The molecule has 122 heavy (non-hydrogen) atoms. The molecule has 17 nitrogen and oxygen atoms in total. The summed E-state index contributed by atoms with van der Waals surface area (Å²) in [6, 6.07) is 52.0. The minimum atomic E-state index is -4.46. The van der Waals surface area contributed by atoms with Gasteiger partial charge in [-0.2, -0.15) is 52.7 Å². The number of hydrogen-bond acceptors (Lipinski definition) is 13. The van der Waals surface area contributed by atoms with Crippen LogP contribution in [0.2, 0.25) is 0 Å². The number of nitrogens with zero attached hydrogens (tertiary/aromatic N) is 9. The molecule has 4 fully saturated rings. The molecule has 12 aromatic rings. The molecule has 34 heteroatoms. The molecule has 0 unspecified atom stereocenters. The molecule has 8 aliphatic heterocycles. The van der Waals surface area contributed by atoms with Crippen LogP contribution in [0.3, 0.4) is 0 Å². The van der Waals surface area contributed by atoms with E-state index in [0.717, 1.165) is 140 Å². The number of benzene rings is 8. The molecule has 12 heterocycles. The van der Waals surface area contributed by atoms with Gasteiger partial charge in [-0.25, -0.2) is 28.6 Å². The van der Waals surface area contributed by atoms with Crippen molar-refractivity contribution in [3.05, 3.63) is 275 Å². The van der Waals surface area contributed by atoms with Crippen molar-refractivity contribution in [2.45, 2.75) is 82.0 Å². The van der Waals surface area contributed by atoms with E-state index in [1.807, 2.05) is 128 Å². The van der Waals surface area contributed by atoms with Gasteiger partial charge in [-0.15, -0.1) is 45.3 Å². The molecule has 0 saturated carbocycles. The highest BCUT2D eigenvalue weighted by molar-refractivity contribution is 7.15. The summed E-state index contributed by atoms with van der Waals surface area (Å²) in [7, 11) is 0. The maximum atomic E-state index is 14.9. The Balaban J connectivity index is 0.000000120. The number of hydrogen-bond donors (Lipinski definition) is 4. The predicted molar refractivity (Wildman–Crippen MR) is 451 cm³/mol. The standard InChI is InChI=1S/C22H15F4N3OS.2C22H16F3N3OS.C21H15F3N4OS.CH4/c23-17-7-13(2-4-16(17)14-8-20(31-11-14)22(24,25)26)19-10-28-21(30)29(19)15-3-1-12-5-6-27-18(12)9-15;23-22(24,25)20-9-16(12-30-20)13-1-3-15(4-2-13)19-11-27-21(29)28(19)17-6-5-14-7-8-26-18(14)10-17;23-22(24,25)20-8-7-19(30-20)15-3-1-14(2-4-15)18-12-27-21(29)28(18)16-6-5-13-9-10-26-17(13)11-16;22-21(23,24)19-26-11-18(30-19)14-3-1-13(2-4-14)17-10-27-20(29)28(17)15-6-5-12-7-8-25-16(12)9-15;/h1-4,6-9,11,19H,5,10H2,(H,28,30);1-6,8-10,12,19H,7,11H2,(H,27,29);1-8,10-11,18H,9,12H2,(H,27,29);1-6,8-9,11,17H,7,10H2,(H,27,29);1H4/t2*19-;18-;17-;/m1111./s1. The Morgan fingerprint density at radius 3 is 1.02 bits per heavy atom. The van der Waals surface area contributed by atoms with Gasteiger partial charge in [0.1, 0.15) is 20.4 Å². The van der Waals surface area contributed by atoms with Crippen LogP contribution in [0.1, 0.15) is 95.7 Å². The molecule has 0 spiro atoms. The zero-order valence-electron chi connectivity index (χ0n) is 62.6. The minimum absolute atomic E-state index is 0. The number of halogens is 13. The molecule has 622 valence electrons. The summed E-state index contributed by atoms with van der Waals surface area (Å²) in [5.74, 6) is -0.637. The molecule has 20 rings (SSSR count). The van der Waals surface area contributed by atoms with Gasteiger partial charge in [0.25, 0.3) is 0 Å². The number of anilines is 4. The highest BCUT2D eigenvalue weighted by Gasteiger charge is 2.41. The zero-order chi connectivity index (χ0) is 84.4. The third-order valence-electron chi connectivity index (χ3n) is 21.3. The van der Waals surface area contributed by atoms with Gasteiger partial charge in [-0.3, -0.25) is 39.6 Å². The molecule has 4 N–H and O–H groups in total. The molecule has 4 atom stereocenters. The van der Waals surface area contributed by atoms with Crippen molar-refractivity contribution >= 4 is 140 Å². The number of fused-ring (bicyclic) bond motifs is 4. The topological polar surface area (TPSA) is 192 Å². The number of nitrogens with one attached hydrogen (secondary N) is 4. The van der Waals surface area contributed by atoms with Gasteiger partial charge in [0, 0.05) is 116 Å². The molecule has 0 bridgehead atoms. The van der Waals surface area contributed by atoms with Crippen LogP contribution in [-0.2, 0) is 50.4 Å². The van der Waals surface area contributed by atoms with E-state index in [9.17, 15) is 76.3 Å². The van der Waals surface area contributed by atoms with E-state index < -0.39 is 56.2 Å². The highest BCUT2D eigenvalue weighted by Crippen LogP contribution is 2.47. The molecule has 0 aliphatic carbocycles. The number of amides is 8. The molecule has 4 saturated heterocycles. The minimum Gasteiger partial charge on any atom is -0.335 e. The lowest BCUT2D eigenvalue weighted by Gasteiger charge is -2.24. The Labute approximate surface area is 704 Å². The summed E-state index contributed by atoms with van der Waals surface area (Å²) in [5, 5.41) is 13.3. The van der Waals surface area contributed by atoms with Crippen LogP contribution in [0, 0.1) is 5.82 Å². The number of rotatable bonds is 12. The monoisotopic (exact) mass is 1740 g/mol. The maximum absolute atomic E-state index is 14.9. The van der Waals surface area contributed by atoms with Crippen molar-refractivity contribution < 1.29 is 76.3 Å². The highest BCUT2D eigenvalue weighted by atomic mass is 32.1. The molecular weight excluding hydrogens is 1680 g/mol. The molecule has 0 radical (unpaired) electrons. The van der Waals surface area contributed by atoms with Gasteiger partial charge in [-0.1, -0.05) is 117 Å². The van der Waals surface area contributed by atoms with E-state index in [1.165, 1.54) is 35.2 Å². The van der Waals surface area contributed by atoms with Gasteiger partial charge in [0.2, 0.25) is 0 Å². The predicted octanol–water partition coefficient (Wildman–Crippen LogP) is 24.0. The first-order valence-corrected chi connectivity index (χ1v) is 40.9. The zero-order valence-corrected chi connectivity index (χ0v) is 65.9. The van der Waals surface area contributed by atoms with E-state index in [0.29, 0.717) is 91.3 Å². The Morgan fingerprint density at radius 1 is 0.336 bits per heavy atom. The first-order valence-electron chi connectivity index (χ1n) is 37.5. The van der Waals surface area contributed by atoms with Gasteiger partial charge >= 0.3 is 48.8 Å².